The van der Waals surface area contributed by atoms with Gasteiger partial charge in [0.05, 0.1) is 29.8 Å². The lowest BCUT2D eigenvalue weighted by Gasteiger charge is -2.24. The molecule has 0 saturated heterocycles. The number of aliphatic hydroxyl groups is 2. The van der Waals surface area contributed by atoms with Gasteiger partial charge in [-0.2, -0.15) is 0 Å². The van der Waals surface area contributed by atoms with Crippen LogP contribution < -0.4 is 0 Å². The summed E-state index contributed by atoms with van der Waals surface area (Å²) >= 11 is 0. The minimum atomic E-state index is -1.07. The number of ether oxygens (including phenoxy) is 1. The topological polar surface area (TPSA) is 104 Å². The third kappa shape index (κ3) is 6.18. The number of hydrogen-bond acceptors (Lipinski definition) is 5. The van der Waals surface area contributed by atoms with Crippen molar-refractivity contribution in [2.45, 2.75) is 44.3 Å². The zero-order valence-electron chi connectivity index (χ0n) is 17.3. The highest BCUT2D eigenvalue weighted by molar-refractivity contribution is 5.89. The van der Waals surface area contributed by atoms with E-state index in [4.69, 9.17) is 4.74 Å². The molecule has 2 aromatic carbocycles. The summed E-state index contributed by atoms with van der Waals surface area (Å²) in [5, 5.41) is 30.5. The van der Waals surface area contributed by atoms with Crippen molar-refractivity contribution in [1.82, 2.24) is 0 Å². The van der Waals surface area contributed by atoms with E-state index < -0.39 is 36.0 Å². The van der Waals surface area contributed by atoms with E-state index in [1.54, 1.807) is 36.4 Å². The average molecular weight is 424 g/mol. The number of aliphatic carboxylic acids is 1. The fourth-order valence-electron chi connectivity index (χ4n) is 4.19. The van der Waals surface area contributed by atoms with Gasteiger partial charge in [-0.15, -0.1) is 0 Å². The zero-order valence-corrected chi connectivity index (χ0v) is 17.3. The number of carboxylic acid groups (broad SMARTS) is 1. The van der Waals surface area contributed by atoms with Crippen molar-refractivity contribution in [3.05, 3.63) is 83.6 Å². The lowest BCUT2D eigenvalue weighted by molar-refractivity contribution is -0.139. The largest absolute Gasteiger partial charge is 0.512 e. The molecule has 0 radical (unpaired) electrons. The average Bonchev–Trinajstić information content (AvgIpc) is 3.06. The maximum Gasteiger partial charge on any atom is 0.338 e. The van der Waals surface area contributed by atoms with Crippen LogP contribution in [0.3, 0.4) is 0 Å². The third-order valence-electron chi connectivity index (χ3n) is 5.72. The summed E-state index contributed by atoms with van der Waals surface area (Å²) in [5.41, 5.74) is 1.56. The quantitative estimate of drug-likeness (QED) is 0.317. The number of benzene rings is 2. The summed E-state index contributed by atoms with van der Waals surface area (Å²) in [6, 6.07) is 18.5. The van der Waals surface area contributed by atoms with Crippen molar-refractivity contribution in [1.29, 1.82) is 0 Å². The van der Waals surface area contributed by atoms with Crippen LogP contribution in [0.4, 0.5) is 0 Å². The Morgan fingerprint density at radius 2 is 1.65 bits per heavy atom. The van der Waals surface area contributed by atoms with Crippen LogP contribution in [0.5, 0.6) is 0 Å². The van der Waals surface area contributed by atoms with E-state index in [-0.39, 0.29) is 18.6 Å². The van der Waals surface area contributed by atoms with Gasteiger partial charge in [-0.25, -0.2) is 4.79 Å². The smallest absolute Gasteiger partial charge is 0.338 e. The molecule has 1 fully saturated rings. The van der Waals surface area contributed by atoms with Crippen LogP contribution >= 0.6 is 0 Å². The van der Waals surface area contributed by atoms with Crippen LogP contribution in [0.2, 0.25) is 0 Å². The van der Waals surface area contributed by atoms with Gasteiger partial charge in [0.25, 0.3) is 0 Å². The molecule has 0 bridgehead atoms. The number of carboxylic acids is 1. The normalized spacial score (nSPS) is 23.5. The predicted molar refractivity (Wildman–Crippen MR) is 116 cm³/mol. The summed E-state index contributed by atoms with van der Waals surface area (Å²) in [7, 11) is 0. The van der Waals surface area contributed by atoms with E-state index in [0.717, 1.165) is 12.8 Å². The second-order valence-electron chi connectivity index (χ2n) is 7.91. The van der Waals surface area contributed by atoms with E-state index in [1.165, 1.54) is 5.56 Å². The maximum atomic E-state index is 12.5. The van der Waals surface area contributed by atoms with Gasteiger partial charge in [0, 0.05) is 12.3 Å². The minimum absolute atomic E-state index is 0.0262. The van der Waals surface area contributed by atoms with Gasteiger partial charge in [-0.3, -0.25) is 4.79 Å². The summed E-state index contributed by atoms with van der Waals surface area (Å²) < 4.78 is 5.60. The molecule has 4 atom stereocenters. The Bertz CT molecular complexity index is 893. The number of hydrogen-bond donors (Lipinski definition) is 3. The fourth-order valence-corrected chi connectivity index (χ4v) is 4.19. The number of unbranched alkanes of at least 4 members (excludes halogenated alkanes) is 1. The van der Waals surface area contributed by atoms with Gasteiger partial charge >= 0.3 is 11.9 Å². The van der Waals surface area contributed by atoms with Crippen molar-refractivity contribution in [3.63, 3.8) is 0 Å². The highest BCUT2D eigenvalue weighted by Gasteiger charge is 2.47. The van der Waals surface area contributed by atoms with Crippen LogP contribution in [-0.4, -0.2) is 39.5 Å². The number of carbonyl (C=O) groups excluding carboxylic acids is 1. The molecule has 0 amide bonds. The molecule has 1 saturated carbocycles. The highest BCUT2D eigenvalue weighted by atomic mass is 16.5. The number of rotatable bonds is 9. The van der Waals surface area contributed by atoms with Crippen LogP contribution in [-0.2, 0) is 16.0 Å². The molecular weight excluding hydrogens is 396 g/mol. The van der Waals surface area contributed by atoms with E-state index in [2.05, 4.69) is 0 Å². The second-order valence-corrected chi connectivity index (χ2v) is 7.91. The van der Waals surface area contributed by atoms with E-state index in [1.807, 2.05) is 30.3 Å². The molecule has 3 N–H and O–H groups in total. The summed E-state index contributed by atoms with van der Waals surface area (Å²) in [4.78, 5) is 23.8. The predicted octanol–water partition coefficient (Wildman–Crippen LogP) is 4.15. The molecule has 6 nitrogen and oxygen atoms in total. The van der Waals surface area contributed by atoms with Crippen molar-refractivity contribution in [3.8, 4) is 0 Å². The van der Waals surface area contributed by atoms with Gasteiger partial charge in [-0.05, 0) is 43.0 Å². The number of aryl methyl sites for hydroxylation is 1. The minimum Gasteiger partial charge on any atom is -0.512 e. The Kier molecular flexibility index (Phi) is 7.84. The molecule has 0 aliphatic heterocycles. The zero-order chi connectivity index (χ0) is 22.2. The Balaban J connectivity index is 1.70. The first-order chi connectivity index (χ1) is 15.0. The van der Waals surface area contributed by atoms with Crippen LogP contribution in [0.1, 0.15) is 41.6 Å². The van der Waals surface area contributed by atoms with Crippen LogP contribution in [0.15, 0.2) is 72.5 Å². The molecule has 0 aromatic heterocycles. The molecule has 3 rings (SSSR count). The van der Waals surface area contributed by atoms with Gasteiger partial charge in [-0.1, -0.05) is 48.5 Å². The Morgan fingerprint density at radius 3 is 2.29 bits per heavy atom. The molecule has 0 unspecified atom stereocenters. The maximum absolute atomic E-state index is 12.5. The lowest BCUT2D eigenvalue weighted by atomic mass is 9.88. The molecule has 1 aliphatic rings. The number of allylic oxidation sites excluding steroid dienone is 1. The molecule has 31 heavy (non-hydrogen) atoms. The van der Waals surface area contributed by atoms with Crippen molar-refractivity contribution in [2.24, 2.45) is 11.8 Å². The Morgan fingerprint density at radius 1 is 1.00 bits per heavy atom. The molecule has 0 spiro atoms. The first-order valence-corrected chi connectivity index (χ1v) is 10.5. The van der Waals surface area contributed by atoms with Crippen LogP contribution in [0, 0.1) is 11.8 Å². The van der Waals surface area contributed by atoms with E-state index in [9.17, 15) is 24.9 Å². The van der Waals surface area contributed by atoms with E-state index in [0.29, 0.717) is 12.0 Å². The Labute approximate surface area is 181 Å². The van der Waals surface area contributed by atoms with Gasteiger partial charge in [0.1, 0.15) is 6.10 Å². The second kappa shape index (κ2) is 10.8. The monoisotopic (exact) mass is 424 g/mol. The standard InChI is InChI=1S/C25H28O6/c26-20(14-8-7-11-17-9-3-1-4-10-17)24-19(15-23(28)29)21(27)16-22(24)31-25(30)18-12-5-2-6-13-18/h1-6,9-10,12-14,19,21-22,24,26-27H,7-8,11,15-16H2,(H,28,29)/t19-,21-,22+,24-/m1/s1. The summed E-state index contributed by atoms with van der Waals surface area (Å²) in [6.07, 6.45) is 1.91. The molecule has 2 aromatic rings. The lowest BCUT2D eigenvalue weighted by Crippen LogP contribution is -2.29. The molecular formula is C25H28O6. The van der Waals surface area contributed by atoms with Crippen molar-refractivity contribution < 1.29 is 29.6 Å². The van der Waals surface area contributed by atoms with Crippen LogP contribution in [0.25, 0.3) is 0 Å². The third-order valence-corrected chi connectivity index (χ3v) is 5.72. The molecule has 0 heterocycles. The molecule has 1 aliphatic carbocycles. The first-order valence-electron chi connectivity index (χ1n) is 10.5. The number of esters is 1. The Hall–Kier alpha value is -3.12. The number of carbonyl (C=O) groups is 2. The van der Waals surface area contributed by atoms with Gasteiger partial charge < -0.3 is 20.1 Å². The van der Waals surface area contributed by atoms with E-state index >= 15 is 0 Å². The van der Waals surface area contributed by atoms with Crippen molar-refractivity contribution >= 4 is 11.9 Å². The van der Waals surface area contributed by atoms with Gasteiger partial charge in [0.2, 0.25) is 0 Å². The first kappa shape index (κ1) is 22.6. The number of aliphatic hydroxyl groups excluding tert-OH is 2. The van der Waals surface area contributed by atoms with Crippen molar-refractivity contribution in [2.75, 3.05) is 0 Å². The SMILES string of the molecule is O=C(O)C[C@H]1[C@H](C(O)=CCCCc2ccccc2)[C@@H](OC(=O)c2ccccc2)C[C@H]1O. The summed E-state index contributed by atoms with van der Waals surface area (Å²) in [5.74, 6) is -3.13. The molecule has 164 valence electrons. The summed E-state index contributed by atoms with van der Waals surface area (Å²) in [6.45, 7) is 0. The molecule has 6 heteroatoms. The highest BCUT2D eigenvalue weighted by Crippen LogP contribution is 2.41. The fraction of sp³-hybridized carbons (Fsp3) is 0.360. The van der Waals surface area contributed by atoms with Gasteiger partial charge in [0.15, 0.2) is 0 Å².